The summed E-state index contributed by atoms with van der Waals surface area (Å²) in [5, 5.41) is 8.40. The van der Waals surface area contributed by atoms with Crippen molar-refractivity contribution < 1.29 is 14.7 Å². The predicted octanol–water partition coefficient (Wildman–Crippen LogP) is -0.264. The van der Waals surface area contributed by atoms with Crippen LogP contribution in [-0.2, 0) is 9.59 Å². The third kappa shape index (κ3) is 2.67. The van der Waals surface area contributed by atoms with Crippen molar-refractivity contribution in [3.8, 4) is 0 Å². The van der Waals surface area contributed by atoms with Crippen LogP contribution in [0.4, 0.5) is 0 Å². The molecule has 0 spiro atoms. The van der Waals surface area contributed by atoms with E-state index in [1.165, 1.54) is 0 Å². The maximum atomic E-state index is 10.8. The van der Waals surface area contributed by atoms with Crippen LogP contribution in [0.5, 0.6) is 0 Å². The molecule has 1 saturated heterocycles. The third-order valence-corrected chi connectivity index (χ3v) is 1.69. The van der Waals surface area contributed by atoms with E-state index >= 15 is 0 Å². The Labute approximate surface area is 64.8 Å². The van der Waals surface area contributed by atoms with Crippen LogP contribution in [0, 0.1) is 0 Å². The average molecular weight is 157 g/mol. The molecular formula is C7H11NO3. The first-order valence-electron chi connectivity index (χ1n) is 3.64. The van der Waals surface area contributed by atoms with Gasteiger partial charge in [-0.1, -0.05) is 0 Å². The van der Waals surface area contributed by atoms with Gasteiger partial charge in [-0.25, -0.2) is 0 Å². The van der Waals surface area contributed by atoms with E-state index in [1.807, 2.05) is 0 Å². The molecule has 1 heterocycles. The van der Waals surface area contributed by atoms with Gasteiger partial charge in [-0.05, 0) is 13.0 Å². The molecule has 11 heavy (non-hydrogen) atoms. The standard InChI is InChI=1S/C7H11NO3/c9-6-2-1-3-8(4-6)5-7(10)11/h1-5H2,(H,10,11). The van der Waals surface area contributed by atoms with Crippen molar-refractivity contribution in [3.63, 3.8) is 0 Å². The fourth-order valence-electron chi connectivity index (χ4n) is 1.23. The van der Waals surface area contributed by atoms with Crippen LogP contribution in [0.25, 0.3) is 0 Å². The molecule has 0 radical (unpaired) electrons. The Bertz CT molecular complexity index is 177. The van der Waals surface area contributed by atoms with Gasteiger partial charge in [-0.15, -0.1) is 0 Å². The maximum absolute atomic E-state index is 10.8. The van der Waals surface area contributed by atoms with E-state index < -0.39 is 5.97 Å². The van der Waals surface area contributed by atoms with Crippen LogP contribution in [0.2, 0.25) is 0 Å². The number of carboxylic acid groups (broad SMARTS) is 1. The summed E-state index contributed by atoms with van der Waals surface area (Å²) in [6.45, 7) is 1.04. The van der Waals surface area contributed by atoms with Crippen LogP contribution in [0.15, 0.2) is 0 Å². The molecule has 0 aromatic carbocycles. The van der Waals surface area contributed by atoms with E-state index in [-0.39, 0.29) is 12.3 Å². The van der Waals surface area contributed by atoms with E-state index in [0.717, 1.165) is 13.0 Å². The number of carboxylic acids is 1. The van der Waals surface area contributed by atoms with Gasteiger partial charge < -0.3 is 5.11 Å². The molecule has 1 rings (SSSR count). The van der Waals surface area contributed by atoms with Gasteiger partial charge in [0, 0.05) is 6.42 Å². The SMILES string of the molecule is O=C(O)CN1CCCC(=O)C1. The summed E-state index contributed by atoms with van der Waals surface area (Å²) in [5.74, 6) is -0.711. The third-order valence-electron chi connectivity index (χ3n) is 1.69. The maximum Gasteiger partial charge on any atom is 0.317 e. The lowest BCUT2D eigenvalue weighted by molar-refractivity contribution is -0.139. The number of piperidine rings is 1. The van der Waals surface area contributed by atoms with Gasteiger partial charge >= 0.3 is 5.97 Å². The Hall–Kier alpha value is -0.900. The number of nitrogens with zero attached hydrogens (tertiary/aromatic N) is 1. The highest BCUT2D eigenvalue weighted by molar-refractivity contribution is 5.81. The number of Topliss-reactive ketones (excluding diaryl/α,β-unsaturated/α-hetero) is 1. The Morgan fingerprint density at radius 3 is 2.91 bits per heavy atom. The fourth-order valence-corrected chi connectivity index (χ4v) is 1.23. The smallest absolute Gasteiger partial charge is 0.317 e. The van der Waals surface area contributed by atoms with Crippen LogP contribution in [0.3, 0.4) is 0 Å². The quantitative estimate of drug-likeness (QED) is 0.599. The van der Waals surface area contributed by atoms with E-state index in [2.05, 4.69) is 0 Å². The molecule has 0 amide bonds. The molecule has 4 nitrogen and oxygen atoms in total. The molecule has 0 aromatic heterocycles. The number of rotatable bonds is 2. The van der Waals surface area contributed by atoms with Crippen molar-refractivity contribution in [2.45, 2.75) is 12.8 Å². The summed E-state index contributed by atoms with van der Waals surface area (Å²) >= 11 is 0. The molecule has 1 aliphatic heterocycles. The van der Waals surface area contributed by atoms with Crippen molar-refractivity contribution in [1.82, 2.24) is 4.90 Å². The number of hydrogen-bond acceptors (Lipinski definition) is 3. The Morgan fingerprint density at radius 1 is 1.64 bits per heavy atom. The van der Waals surface area contributed by atoms with E-state index in [1.54, 1.807) is 4.90 Å². The van der Waals surface area contributed by atoms with E-state index in [4.69, 9.17) is 5.11 Å². The summed E-state index contributed by atoms with van der Waals surface area (Å²) in [6.07, 6.45) is 1.40. The second-order valence-corrected chi connectivity index (χ2v) is 2.75. The molecule has 0 bridgehead atoms. The Kier molecular flexibility index (Phi) is 2.59. The highest BCUT2D eigenvalue weighted by Crippen LogP contribution is 2.04. The van der Waals surface area contributed by atoms with Gasteiger partial charge in [-0.2, -0.15) is 0 Å². The van der Waals surface area contributed by atoms with Crippen molar-refractivity contribution >= 4 is 11.8 Å². The minimum atomic E-state index is -0.861. The molecule has 0 atom stereocenters. The Balaban J connectivity index is 2.34. The highest BCUT2D eigenvalue weighted by atomic mass is 16.4. The first kappa shape index (κ1) is 8.20. The van der Waals surface area contributed by atoms with Gasteiger partial charge in [0.25, 0.3) is 0 Å². The van der Waals surface area contributed by atoms with Gasteiger partial charge in [0.05, 0.1) is 13.1 Å². The lowest BCUT2D eigenvalue weighted by atomic mass is 10.1. The number of carbonyl (C=O) groups is 2. The second-order valence-electron chi connectivity index (χ2n) is 2.75. The first-order valence-corrected chi connectivity index (χ1v) is 3.64. The zero-order valence-electron chi connectivity index (χ0n) is 6.25. The minimum absolute atomic E-state index is 0.00819. The lowest BCUT2D eigenvalue weighted by Gasteiger charge is -2.23. The van der Waals surface area contributed by atoms with Crippen LogP contribution < -0.4 is 0 Å². The molecular weight excluding hydrogens is 146 g/mol. The van der Waals surface area contributed by atoms with E-state index in [0.29, 0.717) is 13.0 Å². The highest BCUT2D eigenvalue weighted by Gasteiger charge is 2.17. The summed E-state index contributed by atoms with van der Waals surface area (Å²) in [7, 11) is 0. The number of carbonyl (C=O) groups excluding carboxylic acids is 1. The van der Waals surface area contributed by atoms with Crippen LogP contribution >= 0.6 is 0 Å². The second kappa shape index (κ2) is 3.48. The monoisotopic (exact) mass is 157 g/mol. The number of likely N-dealkylation sites (tertiary alicyclic amines) is 1. The van der Waals surface area contributed by atoms with Crippen molar-refractivity contribution in [1.29, 1.82) is 0 Å². The number of aliphatic carboxylic acids is 1. The predicted molar refractivity (Wildman–Crippen MR) is 38.3 cm³/mol. The molecule has 1 N–H and O–H groups in total. The van der Waals surface area contributed by atoms with E-state index in [9.17, 15) is 9.59 Å². The largest absolute Gasteiger partial charge is 0.480 e. The van der Waals surface area contributed by atoms with Gasteiger partial charge in [0.1, 0.15) is 5.78 Å². The molecule has 0 aliphatic carbocycles. The van der Waals surface area contributed by atoms with Crippen LogP contribution in [0.1, 0.15) is 12.8 Å². The van der Waals surface area contributed by atoms with Gasteiger partial charge in [-0.3, -0.25) is 14.5 Å². The zero-order chi connectivity index (χ0) is 8.27. The normalized spacial score (nSPS) is 20.2. The average Bonchev–Trinajstić information content (AvgIpc) is 1.85. The summed E-state index contributed by atoms with van der Waals surface area (Å²) in [4.78, 5) is 22.7. The molecule has 0 aromatic rings. The molecule has 0 unspecified atom stereocenters. The van der Waals surface area contributed by atoms with Crippen molar-refractivity contribution in [2.24, 2.45) is 0 Å². The van der Waals surface area contributed by atoms with Crippen LogP contribution in [-0.4, -0.2) is 41.4 Å². The molecule has 4 heteroatoms. The summed E-state index contributed by atoms with van der Waals surface area (Å²) < 4.78 is 0. The fraction of sp³-hybridized carbons (Fsp3) is 0.714. The molecule has 1 fully saturated rings. The summed E-state index contributed by atoms with van der Waals surface area (Å²) in [5.41, 5.74) is 0. The Morgan fingerprint density at radius 2 is 2.36 bits per heavy atom. The lowest BCUT2D eigenvalue weighted by Crippen LogP contribution is -2.38. The molecule has 62 valence electrons. The van der Waals surface area contributed by atoms with Crippen molar-refractivity contribution in [3.05, 3.63) is 0 Å². The molecule has 0 saturated carbocycles. The topological polar surface area (TPSA) is 57.6 Å². The zero-order valence-corrected chi connectivity index (χ0v) is 6.25. The first-order chi connectivity index (χ1) is 5.18. The van der Waals surface area contributed by atoms with Gasteiger partial charge in [0.2, 0.25) is 0 Å². The van der Waals surface area contributed by atoms with Gasteiger partial charge in [0.15, 0.2) is 0 Å². The summed E-state index contributed by atoms with van der Waals surface area (Å²) in [6, 6.07) is 0. The molecule has 1 aliphatic rings. The van der Waals surface area contributed by atoms with Crippen molar-refractivity contribution in [2.75, 3.05) is 19.6 Å². The number of ketones is 1. The number of hydrogen-bond donors (Lipinski definition) is 1. The minimum Gasteiger partial charge on any atom is -0.480 e.